The van der Waals surface area contributed by atoms with Gasteiger partial charge in [-0.05, 0) is 46.5 Å². The van der Waals surface area contributed by atoms with E-state index in [0.717, 1.165) is 11.3 Å². The Balaban J connectivity index is 1.58. The Labute approximate surface area is 164 Å². The standard InChI is InChI=1S/C24H18S2/c25-24-12-5-4-11-23(24)19-15-13-18(14-16-19)20-7-6-10-22(17-20)26-21-8-2-1-3-9-21/h1-11,13-17H,12H2. The Morgan fingerprint density at radius 1 is 0.692 bits per heavy atom. The summed E-state index contributed by atoms with van der Waals surface area (Å²) in [6.07, 6.45) is 7.17. The Kier molecular flexibility index (Phi) is 5.14. The monoisotopic (exact) mass is 370 g/mol. The molecule has 0 N–H and O–H groups in total. The van der Waals surface area contributed by atoms with Gasteiger partial charge in [-0.3, -0.25) is 0 Å². The summed E-state index contributed by atoms with van der Waals surface area (Å²) < 4.78 is 0. The Bertz CT molecular complexity index is 980. The van der Waals surface area contributed by atoms with Crippen LogP contribution >= 0.6 is 24.0 Å². The molecule has 3 aromatic carbocycles. The lowest BCUT2D eigenvalue weighted by Gasteiger charge is -2.12. The summed E-state index contributed by atoms with van der Waals surface area (Å²) >= 11 is 7.28. The minimum absolute atomic E-state index is 0.863. The predicted octanol–water partition coefficient (Wildman–Crippen LogP) is 7.22. The second kappa shape index (κ2) is 7.86. The number of hydrogen-bond donors (Lipinski definition) is 0. The van der Waals surface area contributed by atoms with Crippen LogP contribution in [0.15, 0.2) is 107 Å². The molecule has 0 fully saturated rings. The van der Waals surface area contributed by atoms with E-state index in [9.17, 15) is 0 Å². The number of benzene rings is 3. The van der Waals surface area contributed by atoms with Gasteiger partial charge in [0.05, 0.1) is 0 Å². The van der Waals surface area contributed by atoms with Gasteiger partial charge >= 0.3 is 0 Å². The van der Waals surface area contributed by atoms with Gasteiger partial charge in [0, 0.05) is 21.1 Å². The summed E-state index contributed by atoms with van der Waals surface area (Å²) in [6, 6.07) is 27.9. The highest BCUT2D eigenvalue weighted by Gasteiger charge is 2.09. The van der Waals surface area contributed by atoms with Crippen LogP contribution in [0.2, 0.25) is 0 Å². The first-order valence-corrected chi connectivity index (χ1v) is 9.86. The lowest BCUT2D eigenvalue weighted by Crippen LogP contribution is -2.00. The smallest absolute Gasteiger partial charge is 0.0268 e. The van der Waals surface area contributed by atoms with Crippen LogP contribution in [0.4, 0.5) is 0 Å². The van der Waals surface area contributed by atoms with E-state index < -0.39 is 0 Å². The van der Waals surface area contributed by atoms with E-state index in [1.165, 1.54) is 32.1 Å². The molecule has 0 bridgehead atoms. The van der Waals surface area contributed by atoms with Crippen molar-refractivity contribution in [3.8, 4) is 11.1 Å². The molecule has 0 nitrogen and oxygen atoms in total. The summed E-state index contributed by atoms with van der Waals surface area (Å²) in [4.78, 5) is 3.52. The summed E-state index contributed by atoms with van der Waals surface area (Å²) in [7, 11) is 0. The molecule has 3 aromatic rings. The summed E-state index contributed by atoms with van der Waals surface area (Å²) in [5.41, 5.74) is 4.82. The van der Waals surface area contributed by atoms with Crippen molar-refractivity contribution in [3.05, 3.63) is 103 Å². The van der Waals surface area contributed by atoms with E-state index >= 15 is 0 Å². The summed E-state index contributed by atoms with van der Waals surface area (Å²) in [5.74, 6) is 0. The zero-order valence-electron chi connectivity index (χ0n) is 14.3. The molecule has 0 aliphatic heterocycles. The van der Waals surface area contributed by atoms with Crippen molar-refractivity contribution < 1.29 is 0 Å². The molecule has 0 saturated heterocycles. The highest BCUT2D eigenvalue weighted by atomic mass is 32.2. The normalized spacial score (nSPS) is 13.5. The first-order chi connectivity index (χ1) is 12.8. The average molecular weight is 371 g/mol. The molecule has 2 heteroatoms. The van der Waals surface area contributed by atoms with Crippen LogP contribution in [-0.4, -0.2) is 4.86 Å². The van der Waals surface area contributed by atoms with Gasteiger partial charge in [-0.1, -0.05) is 96.8 Å². The van der Waals surface area contributed by atoms with Gasteiger partial charge in [-0.15, -0.1) is 0 Å². The summed E-state index contributed by atoms with van der Waals surface area (Å²) in [6.45, 7) is 0. The maximum Gasteiger partial charge on any atom is 0.0268 e. The molecular weight excluding hydrogens is 352 g/mol. The van der Waals surface area contributed by atoms with Crippen LogP contribution in [-0.2, 0) is 0 Å². The molecule has 0 unspecified atom stereocenters. The Morgan fingerprint density at radius 2 is 1.42 bits per heavy atom. The van der Waals surface area contributed by atoms with Gasteiger partial charge < -0.3 is 0 Å². The zero-order chi connectivity index (χ0) is 17.8. The summed E-state index contributed by atoms with van der Waals surface area (Å²) in [5, 5.41) is 0. The van der Waals surface area contributed by atoms with Gasteiger partial charge in [0.15, 0.2) is 0 Å². The van der Waals surface area contributed by atoms with Crippen LogP contribution in [0.5, 0.6) is 0 Å². The van der Waals surface area contributed by atoms with Crippen LogP contribution < -0.4 is 0 Å². The second-order valence-corrected chi connectivity index (χ2v) is 7.80. The van der Waals surface area contributed by atoms with E-state index in [4.69, 9.17) is 12.2 Å². The van der Waals surface area contributed by atoms with Crippen molar-refractivity contribution in [1.29, 1.82) is 0 Å². The van der Waals surface area contributed by atoms with Crippen molar-refractivity contribution in [1.82, 2.24) is 0 Å². The van der Waals surface area contributed by atoms with E-state index in [1.807, 2.05) is 6.07 Å². The van der Waals surface area contributed by atoms with Crippen molar-refractivity contribution in [2.24, 2.45) is 0 Å². The molecule has 1 aliphatic rings. The molecule has 0 spiro atoms. The lowest BCUT2D eigenvalue weighted by atomic mass is 9.95. The second-order valence-electron chi connectivity index (χ2n) is 6.16. The largest absolute Gasteiger partial charge is 0.0901 e. The van der Waals surface area contributed by atoms with Crippen LogP contribution in [0, 0.1) is 0 Å². The molecule has 26 heavy (non-hydrogen) atoms. The molecule has 0 heterocycles. The van der Waals surface area contributed by atoms with Gasteiger partial charge in [-0.25, -0.2) is 0 Å². The SMILES string of the molecule is S=C1CC=CC=C1c1ccc(-c2cccc(Sc3ccccc3)c2)cc1. The zero-order valence-corrected chi connectivity index (χ0v) is 15.9. The van der Waals surface area contributed by atoms with Crippen molar-refractivity contribution in [2.45, 2.75) is 16.2 Å². The topological polar surface area (TPSA) is 0 Å². The Hall–Kier alpha value is -2.42. The van der Waals surface area contributed by atoms with E-state index in [2.05, 4.69) is 91.0 Å². The first kappa shape index (κ1) is 17.0. The lowest BCUT2D eigenvalue weighted by molar-refractivity contribution is 1.40. The molecule has 126 valence electrons. The highest BCUT2D eigenvalue weighted by Crippen LogP contribution is 2.31. The predicted molar refractivity (Wildman–Crippen MR) is 117 cm³/mol. The van der Waals surface area contributed by atoms with Crippen molar-refractivity contribution in [3.63, 3.8) is 0 Å². The third kappa shape index (κ3) is 3.87. The fourth-order valence-corrected chi connectivity index (χ4v) is 4.19. The third-order valence-electron chi connectivity index (χ3n) is 4.34. The number of rotatable bonds is 4. The fourth-order valence-electron chi connectivity index (χ4n) is 3.01. The third-order valence-corrected chi connectivity index (χ3v) is 5.73. The van der Waals surface area contributed by atoms with Crippen LogP contribution in [0.25, 0.3) is 16.7 Å². The molecule has 0 aromatic heterocycles. The van der Waals surface area contributed by atoms with Crippen LogP contribution in [0.3, 0.4) is 0 Å². The van der Waals surface area contributed by atoms with Gasteiger partial charge in [-0.2, -0.15) is 0 Å². The molecule has 1 aliphatic carbocycles. The molecule has 4 rings (SSSR count). The maximum absolute atomic E-state index is 5.49. The highest BCUT2D eigenvalue weighted by molar-refractivity contribution is 7.99. The Morgan fingerprint density at radius 3 is 2.19 bits per heavy atom. The first-order valence-electron chi connectivity index (χ1n) is 8.63. The molecule has 0 amide bonds. The molecule has 0 atom stereocenters. The fraction of sp³-hybridized carbons (Fsp3) is 0.0417. The minimum atomic E-state index is 0.863. The number of thiocarbonyl (C=S) groups is 1. The molecular formula is C24H18S2. The maximum atomic E-state index is 5.49. The van der Waals surface area contributed by atoms with E-state index in [-0.39, 0.29) is 0 Å². The van der Waals surface area contributed by atoms with Gasteiger partial charge in [0.2, 0.25) is 0 Å². The van der Waals surface area contributed by atoms with E-state index in [0.29, 0.717) is 0 Å². The van der Waals surface area contributed by atoms with Gasteiger partial charge in [0.1, 0.15) is 0 Å². The molecule has 0 radical (unpaired) electrons. The van der Waals surface area contributed by atoms with Crippen molar-refractivity contribution in [2.75, 3.05) is 0 Å². The quantitative estimate of drug-likeness (QED) is 0.445. The minimum Gasteiger partial charge on any atom is -0.0901 e. The number of allylic oxidation sites excluding steroid dienone is 4. The number of hydrogen-bond acceptors (Lipinski definition) is 2. The van der Waals surface area contributed by atoms with Gasteiger partial charge in [0.25, 0.3) is 0 Å². The van der Waals surface area contributed by atoms with Crippen LogP contribution in [0.1, 0.15) is 12.0 Å². The average Bonchev–Trinajstić information content (AvgIpc) is 2.70. The van der Waals surface area contributed by atoms with E-state index in [1.54, 1.807) is 11.8 Å². The molecule has 0 saturated carbocycles. The van der Waals surface area contributed by atoms with Crippen molar-refractivity contribution >= 4 is 34.4 Å².